The van der Waals surface area contributed by atoms with Gasteiger partial charge in [-0.3, -0.25) is 19.6 Å². The van der Waals surface area contributed by atoms with Gasteiger partial charge in [-0.2, -0.15) is 0 Å². The lowest BCUT2D eigenvalue weighted by atomic mass is 10.2. The molecule has 3 rings (SSSR count). The summed E-state index contributed by atoms with van der Waals surface area (Å²) in [5.74, 6) is 0.723. The van der Waals surface area contributed by atoms with Gasteiger partial charge in [-0.1, -0.05) is 18.2 Å². The van der Waals surface area contributed by atoms with E-state index in [4.69, 9.17) is 4.74 Å². The number of hydrogen-bond acceptors (Lipinski definition) is 5. The number of nitrogens with zero attached hydrogens (tertiary/aromatic N) is 1. The average molecular weight is 312 g/mol. The molecule has 0 bridgehead atoms. The smallest absolute Gasteiger partial charge is 0.327 e. The molecule has 0 aliphatic rings. The van der Waals surface area contributed by atoms with Crippen LogP contribution >= 0.6 is 0 Å². The summed E-state index contributed by atoms with van der Waals surface area (Å²) in [6.07, 6.45) is 3.19. The Morgan fingerprint density at radius 2 is 1.70 bits per heavy atom. The van der Waals surface area contributed by atoms with Crippen molar-refractivity contribution >= 4 is 23.3 Å². The van der Waals surface area contributed by atoms with E-state index in [0.717, 1.165) is 11.3 Å². The number of nitrogens with one attached hydrogen (secondary N) is 3. The van der Waals surface area contributed by atoms with Crippen molar-refractivity contribution in [3.05, 3.63) is 66.7 Å². The Balaban J connectivity index is 2.03. The van der Waals surface area contributed by atoms with Crippen LogP contribution < -0.4 is 21.5 Å². The average Bonchev–Trinajstić information content (AvgIpc) is 2.54. The van der Waals surface area contributed by atoms with Gasteiger partial charge in [0.25, 0.3) is 11.1 Å². The molecule has 0 aliphatic heterocycles. The van der Waals surface area contributed by atoms with Crippen LogP contribution in [0.3, 0.4) is 0 Å². The fourth-order valence-electron chi connectivity index (χ4n) is 2.03. The van der Waals surface area contributed by atoms with Gasteiger partial charge in [0, 0.05) is 0 Å². The van der Waals surface area contributed by atoms with Crippen LogP contribution in [0, 0.1) is 0 Å². The second-order valence-corrected chi connectivity index (χ2v) is 4.69. The molecule has 3 N–H and O–H groups in total. The molecule has 0 saturated heterocycles. The summed E-state index contributed by atoms with van der Waals surface area (Å²) in [4.78, 5) is 45.6. The van der Waals surface area contributed by atoms with E-state index in [1.54, 1.807) is 25.3 Å². The molecule has 8 heteroatoms. The zero-order valence-electron chi connectivity index (χ0n) is 12.0. The quantitative estimate of drug-likeness (QED) is 0.649. The Kier molecular flexibility index (Phi) is 3.63. The van der Waals surface area contributed by atoms with Crippen LogP contribution in [0.2, 0.25) is 0 Å². The summed E-state index contributed by atoms with van der Waals surface area (Å²) < 4.78 is 5.06. The van der Waals surface area contributed by atoms with E-state index in [9.17, 15) is 14.4 Å². The van der Waals surface area contributed by atoms with E-state index >= 15 is 0 Å². The minimum atomic E-state index is -0.695. The zero-order chi connectivity index (χ0) is 16.4. The standard InChI is InChI=1S/C15H12N4O4/c1-23-9-5-2-8(3-6-9)4-7-10-13(20)17-11-12(16-10)18-15(22)19-14(11)21/h2-7H,1H3,(H,17,20)(H2,16,18,19,21,22)/b7-4+. The third-order valence-corrected chi connectivity index (χ3v) is 3.18. The maximum absolute atomic E-state index is 12.0. The van der Waals surface area contributed by atoms with Crippen LogP contribution in [0.4, 0.5) is 0 Å². The second-order valence-electron chi connectivity index (χ2n) is 4.69. The molecule has 0 amide bonds. The largest absolute Gasteiger partial charge is 0.497 e. The van der Waals surface area contributed by atoms with Crippen LogP contribution in [0.1, 0.15) is 11.3 Å². The number of aromatic amines is 3. The van der Waals surface area contributed by atoms with E-state index in [0.29, 0.717) is 0 Å². The van der Waals surface area contributed by atoms with Gasteiger partial charge in [0.05, 0.1) is 7.11 Å². The van der Waals surface area contributed by atoms with Crippen molar-refractivity contribution in [2.45, 2.75) is 0 Å². The van der Waals surface area contributed by atoms with Crippen LogP contribution in [0.25, 0.3) is 23.3 Å². The summed E-state index contributed by atoms with van der Waals surface area (Å²) in [6, 6.07) is 7.21. The van der Waals surface area contributed by atoms with E-state index in [1.165, 1.54) is 6.08 Å². The lowest BCUT2D eigenvalue weighted by molar-refractivity contribution is 0.415. The summed E-state index contributed by atoms with van der Waals surface area (Å²) in [5, 5.41) is 0. The number of rotatable bonds is 3. The van der Waals surface area contributed by atoms with Crippen molar-refractivity contribution in [2.75, 3.05) is 7.11 Å². The van der Waals surface area contributed by atoms with Crippen LogP contribution in [0.15, 0.2) is 38.6 Å². The number of hydrogen-bond donors (Lipinski definition) is 3. The van der Waals surface area contributed by atoms with Gasteiger partial charge < -0.3 is 9.72 Å². The molecular formula is C15H12N4O4. The number of methoxy groups -OCH3 is 1. The van der Waals surface area contributed by atoms with Crippen molar-refractivity contribution in [2.24, 2.45) is 0 Å². The molecular weight excluding hydrogens is 300 g/mol. The van der Waals surface area contributed by atoms with Gasteiger partial charge in [-0.25, -0.2) is 9.78 Å². The Labute approximate surface area is 128 Å². The summed E-state index contributed by atoms with van der Waals surface area (Å²) in [6.45, 7) is 0. The predicted octanol–water partition coefficient (Wildman–Crippen LogP) is 0.479. The Hall–Kier alpha value is -3.42. The molecule has 0 aliphatic carbocycles. The SMILES string of the molecule is COc1ccc(/C=C/c2nc3[nH]c(=O)[nH]c(=O)c3[nH]c2=O)cc1. The molecule has 2 heterocycles. The zero-order valence-corrected chi connectivity index (χ0v) is 12.0. The monoisotopic (exact) mass is 312 g/mol. The molecule has 116 valence electrons. The normalized spacial score (nSPS) is 11.2. The van der Waals surface area contributed by atoms with Crippen LogP contribution in [0.5, 0.6) is 5.75 Å². The summed E-state index contributed by atoms with van der Waals surface area (Å²) >= 11 is 0. The minimum absolute atomic E-state index is 0.0210. The second kappa shape index (κ2) is 5.76. The molecule has 0 fully saturated rings. The van der Waals surface area contributed by atoms with E-state index in [-0.39, 0.29) is 16.9 Å². The summed E-state index contributed by atoms with van der Waals surface area (Å²) in [5.41, 5.74) is -1.05. The first kappa shape index (κ1) is 14.5. The topological polar surface area (TPSA) is 121 Å². The molecule has 0 unspecified atom stereocenters. The maximum Gasteiger partial charge on any atom is 0.327 e. The lowest BCUT2D eigenvalue weighted by Crippen LogP contribution is -2.26. The van der Waals surface area contributed by atoms with E-state index in [1.807, 2.05) is 17.1 Å². The first-order chi connectivity index (χ1) is 11.1. The fourth-order valence-corrected chi connectivity index (χ4v) is 2.03. The highest BCUT2D eigenvalue weighted by molar-refractivity contribution is 5.73. The lowest BCUT2D eigenvalue weighted by Gasteiger charge is -1.99. The van der Waals surface area contributed by atoms with Crippen LogP contribution in [-0.2, 0) is 0 Å². The molecule has 0 radical (unpaired) electrons. The number of benzene rings is 1. The van der Waals surface area contributed by atoms with Gasteiger partial charge in [-0.15, -0.1) is 0 Å². The molecule has 3 aromatic rings. The van der Waals surface area contributed by atoms with E-state index in [2.05, 4.69) is 15.0 Å². The molecule has 1 aromatic carbocycles. The third-order valence-electron chi connectivity index (χ3n) is 3.18. The molecule has 2 aromatic heterocycles. The molecule has 23 heavy (non-hydrogen) atoms. The van der Waals surface area contributed by atoms with Crippen molar-refractivity contribution in [1.29, 1.82) is 0 Å². The number of fused-ring (bicyclic) bond motifs is 1. The highest BCUT2D eigenvalue weighted by Crippen LogP contribution is 2.13. The van der Waals surface area contributed by atoms with Crippen molar-refractivity contribution in [1.82, 2.24) is 19.9 Å². The number of H-pyrrole nitrogens is 3. The van der Waals surface area contributed by atoms with E-state index < -0.39 is 16.8 Å². The number of aromatic nitrogens is 4. The fraction of sp³-hybridized carbons (Fsp3) is 0.0667. The van der Waals surface area contributed by atoms with Crippen LogP contribution in [-0.4, -0.2) is 27.0 Å². The molecule has 0 saturated carbocycles. The first-order valence-corrected chi connectivity index (χ1v) is 6.65. The first-order valence-electron chi connectivity index (χ1n) is 6.65. The predicted molar refractivity (Wildman–Crippen MR) is 85.5 cm³/mol. The summed E-state index contributed by atoms with van der Waals surface area (Å²) in [7, 11) is 1.58. The van der Waals surface area contributed by atoms with Crippen molar-refractivity contribution in [3.63, 3.8) is 0 Å². The number of ether oxygens (including phenoxy) is 1. The highest BCUT2D eigenvalue weighted by atomic mass is 16.5. The van der Waals surface area contributed by atoms with Gasteiger partial charge in [0.1, 0.15) is 11.4 Å². The van der Waals surface area contributed by atoms with Gasteiger partial charge in [0.15, 0.2) is 11.2 Å². The highest BCUT2D eigenvalue weighted by Gasteiger charge is 2.06. The van der Waals surface area contributed by atoms with Crippen molar-refractivity contribution < 1.29 is 4.74 Å². The Morgan fingerprint density at radius 3 is 2.39 bits per heavy atom. The molecule has 0 atom stereocenters. The van der Waals surface area contributed by atoms with Gasteiger partial charge in [0.2, 0.25) is 0 Å². The third kappa shape index (κ3) is 2.95. The van der Waals surface area contributed by atoms with Crippen molar-refractivity contribution in [3.8, 4) is 5.75 Å². The van der Waals surface area contributed by atoms with Gasteiger partial charge in [-0.05, 0) is 23.8 Å². The minimum Gasteiger partial charge on any atom is -0.497 e. The molecule has 0 spiro atoms. The Morgan fingerprint density at radius 1 is 0.957 bits per heavy atom. The Bertz CT molecular complexity index is 1060. The van der Waals surface area contributed by atoms with Gasteiger partial charge >= 0.3 is 5.69 Å². The molecule has 8 nitrogen and oxygen atoms in total. The maximum atomic E-state index is 12.0.